The molecule has 0 bridgehead atoms. The van der Waals surface area contributed by atoms with Crippen molar-refractivity contribution in [3.63, 3.8) is 0 Å². The first-order chi connectivity index (χ1) is 19.2. The lowest BCUT2D eigenvalue weighted by Gasteiger charge is -2.36. The molecule has 16 heteroatoms. The van der Waals surface area contributed by atoms with E-state index in [0.29, 0.717) is 62.7 Å². The van der Waals surface area contributed by atoms with Crippen LogP contribution < -0.4 is 25.8 Å². The molecule has 3 rings (SSSR count). The molecule has 3 N–H and O–H groups in total. The standard InChI is InChI=1S/C21H27F4N5O3.C4H4O4/c1-27(2)17-13-26-20(32)30(19(17)31)7-3-6-28-8-10-29(11-9-28)16-5-4-15(22)12-18(16)33-14-21(23,24)25;5-3(6)1-2-4(7)8/h4-5,12-13H,3,6-11,14H2,1-2H3,(H,26,32);1-2H,(H,5,6)(H,7,8). The number of nitrogens with zero attached hydrogens (tertiary/aromatic N) is 4. The van der Waals surface area contributed by atoms with Gasteiger partial charge < -0.3 is 29.7 Å². The monoisotopic (exact) mass is 589 g/mol. The number of ether oxygens (including phenoxy) is 1. The number of piperazine rings is 1. The van der Waals surface area contributed by atoms with Gasteiger partial charge in [-0.05, 0) is 25.1 Å². The van der Waals surface area contributed by atoms with E-state index in [-0.39, 0.29) is 17.9 Å². The summed E-state index contributed by atoms with van der Waals surface area (Å²) in [7, 11) is 3.44. The van der Waals surface area contributed by atoms with Crippen LogP contribution >= 0.6 is 0 Å². The van der Waals surface area contributed by atoms with Gasteiger partial charge in [-0.25, -0.2) is 18.8 Å². The average Bonchev–Trinajstić information content (AvgIpc) is 2.88. The lowest BCUT2D eigenvalue weighted by molar-refractivity contribution is -0.153. The molecule has 2 heterocycles. The van der Waals surface area contributed by atoms with Gasteiger partial charge in [0.15, 0.2) is 6.61 Å². The van der Waals surface area contributed by atoms with Gasteiger partial charge in [-0.2, -0.15) is 13.2 Å². The topological polar surface area (TPSA) is 148 Å². The highest BCUT2D eigenvalue weighted by Crippen LogP contribution is 2.31. The molecule has 2 aromatic rings. The quantitative estimate of drug-likeness (QED) is 0.276. The van der Waals surface area contributed by atoms with Crippen LogP contribution in [-0.2, 0) is 16.1 Å². The molecule has 0 amide bonds. The number of carboxylic acids is 2. The van der Waals surface area contributed by atoms with Crippen LogP contribution in [0.5, 0.6) is 5.75 Å². The molecule has 1 saturated heterocycles. The number of aliphatic carboxylic acids is 2. The number of nitrogens with one attached hydrogen (secondary N) is 1. The second-order valence-electron chi connectivity index (χ2n) is 9.04. The molecule has 0 aliphatic carbocycles. The molecule has 1 aromatic heterocycles. The Kier molecular flexibility index (Phi) is 11.9. The van der Waals surface area contributed by atoms with Crippen LogP contribution in [0.4, 0.5) is 28.9 Å². The Morgan fingerprint density at radius 1 is 1.05 bits per heavy atom. The van der Waals surface area contributed by atoms with Gasteiger partial charge in [0, 0.05) is 71.2 Å². The van der Waals surface area contributed by atoms with Crippen LogP contribution in [0.25, 0.3) is 0 Å². The summed E-state index contributed by atoms with van der Waals surface area (Å²) in [6, 6.07) is 3.58. The molecule has 1 aliphatic rings. The number of rotatable bonds is 10. The highest BCUT2D eigenvalue weighted by Gasteiger charge is 2.29. The number of halogens is 4. The number of alkyl halides is 3. The van der Waals surface area contributed by atoms with Crippen LogP contribution in [0.1, 0.15) is 6.42 Å². The number of aromatic nitrogens is 2. The summed E-state index contributed by atoms with van der Waals surface area (Å²) < 4.78 is 57.2. The fourth-order valence-electron chi connectivity index (χ4n) is 3.86. The average molecular weight is 590 g/mol. The van der Waals surface area contributed by atoms with E-state index in [1.54, 1.807) is 19.0 Å². The third kappa shape index (κ3) is 11.0. The number of anilines is 2. The molecule has 0 atom stereocenters. The number of hydrogen-bond donors (Lipinski definition) is 3. The highest BCUT2D eigenvalue weighted by atomic mass is 19.4. The Balaban J connectivity index is 0.000000642. The zero-order chi connectivity index (χ0) is 30.7. The number of benzene rings is 1. The van der Waals surface area contributed by atoms with Gasteiger partial charge in [-0.15, -0.1) is 0 Å². The minimum absolute atomic E-state index is 0.139. The molecule has 0 unspecified atom stereocenters. The smallest absolute Gasteiger partial charge is 0.422 e. The van der Waals surface area contributed by atoms with E-state index in [2.05, 4.69) is 9.88 Å². The van der Waals surface area contributed by atoms with Gasteiger partial charge in [0.25, 0.3) is 5.56 Å². The lowest BCUT2D eigenvalue weighted by Crippen LogP contribution is -2.47. The summed E-state index contributed by atoms with van der Waals surface area (Å²) in [5.41, 5.74) is -0.000625. The first-order valence-corrected chi connectivity index (χ1v) is 12.3. The summed E-state index contributed by atoms with van der Waals surface area (Å²) in [5.74, 6) is -3.32. The Morgan fingerprint density at radius 3 is 2.20 bits per heavy atom. The molecule has 1 aromatic carbocycles. The SMILES string of the molecule is CN(C)c1c[nH]c(=O)n(CCCN2CCN(c3ccc(F)cc3OCC(F)(F)F)CC2)c1=O.O=C(O)C=CC(=O)O. The Hall–Kier alpha value is -4.34. The Bertz CT molecular complexity index is 1320. The first kappa shape index (κ1) is 32.9. The van der Waals surface area contributed by atoms with Crippen molar-refractivity contribution in [2.45, 2.75) is 19.1 Å². The normalized spacial score (nSPS) is 14.0. The number of aromatic amines is 1. The Morgan fingerprint density at radius 2 is 1.66 bits per heavy atom. The molecule has 0 saturated carbocycles. The summed E-state index contributed by atoms with van der Waals surface area (Å²) in [4.78, 5) is 51.8. The van der Waals surface area contributed by atoms with Gasteiger partial charge in [0.1, 0.15) is 17.3 Å². The second-order valence-corrected chi connectivity index (χ2v) is 9.04. The van der Waals surface area contributed by atoms with Crippen molar-refractivity contribution in [3.8, 4) is 5.75 Å². The van der Waals surface area contributed by atoms with E-state index in [9.17, 15) is 36.7 Å². The van der Waals surface area contributed by atoms with E-state index in [1.807, 2.05) is 4.90 Å². The Labute approximate surface area is 231 Å². The minimum atomic E-state index is -4.52. The first-order valence-electron chi connectivity index (χ1n) is 12.3. The summed E-state index contributed by atoms with van der Waals surface area (Å²) >= 11 is 0. The minimum Gasteiger partial charge on any atom is -0.482 e. The summed E-state index contributed by atoms with van der Waals surface area (Å²) in [6.45, 7) is 1.71. The van der Waals surface area contributed by atoms with Crippen molar-refractivity contribution in [2.24, 2.45) is 0 Å². The van der Waals surface area contributed by atoms with E-state index in [4.69, 9.17) is 14.9 Å². The second kappa shape index (κ2) is 14.9. The van der Waals surface area contributed by atoms with Gasteiger partial charge >= 0.3 is 23.8 Å². The van der Waals surface area contributed by atoms with E-state index < -0.39 is 36.2 Å². The summed E-state index contributed by atoms with van der Waals surface area (Å²) in [5, 5.41) is 15.6. The van der Waals surface area contributed by atoms with Crippen LogP contribution in [0.3, 0.4) is 0 Å². The maximum atomic E-state index is 13.6. The summed E-state index contributed by atoms with van der Waals surface area (Å²) in [6.07, 6.45) is -1.43. The van der Waals surface area contributed by atoms with Crippen LogP contribution in [0.2, 0.25) is 0 Å². The largest absolute Gasteiger partial charge is 0.482 e. The number of carbonyl (C=O) groups is 2. The van der Waals surface area contributed by atoms with E-state index in [0.717, 1.165) is 6.07 Å². The molecule has 12 nitrogen and oxygen atoms in total. The third-order valence-electron chi connectivity index (χ3n) is 5.77. The van der Waals surface area contributed by atoms with Crippen molar-refractivity contribution >= 4 is 23.3 Å². The van der Waals surface area contributed by atoms with Crippen molar-refractivity contribution in [3.05, 3.63) is 63.2 Å². The zero-order valence-electron chi connectivity index (χ0n) is 22.4. The number of carboxylic acid groups (broad SMARTS) is 2. The van der Waals surface area contributed by atoms with Crippen molar-refractivity contribution in [1.29, 1.82) is 0 Å². The third-order valence-corrected chi connectivity index (χ3v) is 5.77. The highest BCUT2D eigenvalue weighted by molar-refractivity contribution is 5.89. The predicted octanol–water partition coefficient (Wildman–Crippen LogP) is 1.61. The predicted molar refractivity (Wildman–Crippen MR) is 141 cm³/mol. The van der Waals surface area contributed by atoms with Crippen molar-refractivity contribution in [1.82, 2.24) is 14.5 Å². The van der Waals surface area contributed by atoms with Crippen LogP contribution in [-0.4, -0.2) is 96.2 Å². The van der Waals surface area contributed by atoms with Gasteiger partial charge in [0.05, 0.1) is 5.69 Å². The molecular weight excluding hydrogens is 558 g/mol. The number of H-pyrrole nitrogens is 1. The molecule has 1 aliphatic heterocycles. The molecule has 0 spiro atoms. The van der Waals surface area contributed by atoms with Crippen molar-refractivity contribution < 1.29 is 42.1 Å². The maximum absolute atomic E-state index is 13.6. The molecule has 41 heavy (non-hydrogen) atoms. The van der Waals surface area contributed by atoms with Gasteiger partial charge in [-0.1, -0.05) is 0 Å². The fraction of sp³-hybridized carbons (Fsp3) is 0.440. The van der Waals surface area contributed by atoms with Gasteiger partial charge in [-0.3, -0.25) is 14.3 Å². The van der Waals surface area contributed by atoms with Crippen molar-refractivity contribution in [2.75, 3.05) is 63.2 Å². The zero-order valence-corrected chi connectivity index (χ0v) is 22.4. The van der Waals surface area contributed by atoms with Gasteiger partial charge in [0.2, 0.25) is 0 Å². The van der Waals surface area contributed by atoms with E-state index in [1.165, 1.54) is 22.9 Å². The molecule has 226 valence electrons. The van der Waals surface area contributed by atoms with Crippen LogP contribution in [0.15, 0.2) is 46.1 Å². The molecule has 0 radical (unpaired) electrons. The van der Waals surface area contributed by atoms with E-state index >= 15 is 0 Å². The molecule has 1 fully saturated rings. The maximum Gasteiger partial charge on any atom is 0.422 e. The number of hydrogen-bond acceptors (Lipinski definition) is 8. The molecular formula is C25H31F4N5O7. The fourth-order valence-corrected chi connectivity index (χ4v) is 3.86. The lowest BCUT2D eigenvalue weighted by atomic mass is 10.2. The van der Waals surface area contributed by atoms with Crippen LogP contribution in [0, 0.1) is 5.82 Å².